The van der Waals surface area contributed by atoms with Crippen LogP contribution in [0, 0.1) is 0 Å². The molecule has 0 spiro atoms. The first-order chi connectivity index (χ1) is 15.3. The van der Waals surface area contributed by atoms with Crippen molar-refractivity contribution in [2.75, 3.05) is 31.1 Å². The van der Waals surface area contributed by atoms with Gasteiger partial charge in [-0.3, -0.25) is 9.59 Å². The van der Waals surface area contributed by atoms with Crippen molar-refractivity contribution in [3.05, 3.63) is 52.5 Å². The Balaban J connectivity index is 1.52. The number of aryl methyl sites for hydroxylation is 1. The Labute approximate surface area is 193 Å². The molecule has 1 fully saturated rings. The third-order valence-corrected chi connectivity index (χ3v) is 7.98. The molecule has 2 aromatic carbocycles. The number of carbonyl (C=O) groups excluding carboxylic acids is 2. The molecule has 2 aromatic rings. The van der Waals surface area contributed by atoms with Gasteiger partial charge in [-0.05, 0) is 74.6 Å². The molecule has 0 unspecified atom stereocenters. The van der Waals surface area contributed by atoms with E-state index in [4.69, 9.17) is 16.3 Å². The number of carbonyl (C=O) groups is 2. The summed E-state index contributed by atoms with van der Waals surface area (Å²) < 4.78 is 33.0. The van der Waals surface area contributed by atoms with Gasteiger partial charge in [0.1, 0.15) is 5.75 Å². The van der Waals surface area contributed by atoms with Crippen LogP contribution in [0.4, 0.5) is 5.69 Å². The minimum absolute atomic E-state index is 0.204. The summed E-state index contributed by atoms with van der Waals surface area (Å²) >= 11 is 5.96. The van der Waals surface area contributed by atoms with E-state index in [-0.39, 0.29) is 23.2 Å². The van der Waals surface area contributed by atoms with Gasteiger partial charge in [-0.1, -0.05) is 11.6 Å². The lowest BCUT2D eigenvalue weighted by molar-refractivity contribution is -0.120. The number of ketones is 1. The van der Waals surface area contributed by atoms with Crippen molar-refractivity contribution >= 4 is 39.0 Å². The lowest BCUT2D eigenvalue weighted by Gasteiger charge is -2.30. The third-order valence-electron chi connectivity index (χ3n) is 5.85. The fourth-order valence-electron chi connectivity index (χ4n) is 4.19. The molecule has 0 bridgehead atoms. The van der Waals surface area contributed by atoms with Crippen LogP contribution < -0.4 is 9.64 Å². The number of anilines is 1. The second-order valence-corrected chi connectivity index (χ2v) is 10.4. The third kappa shape index (κ3) is 4.53. The molecule has 1 amide bonds. The lowest BCUT2D eigenvalue weighted by Crippen LogP contribution is -2.39. The summed E-state index contributed by atoms with van der Waals surface area (Å²) in [4.78, 5) is 26.7. The molecule has 0 N–H and O–H groups in total. The number of amides is 1. The van der Waals surface area contributed by atoms with Gasteiger partial charge in [0.05, 0.1) is 10.5 Å². The number of hydrogen-bond donors (Lipinski definition) is 0. The molecule has 0 atom stereocenters. The van der Waals surface area contributed by atoms with Gasteiger partial charge in [0, 0.05) is 30.3 Å². The molecule has 0 aliphatic carbocycles. The van der Waals surface area contributed by atoms with E-state index in [0.29, 0.717) is 48.1 Å². The summed E-state index contributed by atoms with van der Waals surface area (Å²) in [7, 11) is -3.51. The topological polar surface area (TPSA) is 84.0 Å². The van der Waals surface area contributed by atoms with E-state index in [9.17, 15) is 18.0 Å². The molecular formula is C23H25ClN2O5S. The van der Waals surface area contributed by atoms with E-state index in [1.165, 1.54) is 17.3 Å². The first-order valence-electron chi connectivity index (χ1n) is 10.6. The molecule has 7 nitrogen and oxygen atoms in total. The lowest BCUT2D eigenvalue weighted by atomic mass is 10.0. The van der Waals surface area contributed by atoms with Crippen LogP contribution in [0.15, 0.2) is 41.3 Å². The molecular weight excluding hydrogens is 452 g/mol. The van der Waals surface area contributed by atoms with Gasteiger partial charge in [-0.15, -0.1) is 0 Å². The Morgan fingerprint density at radius 3 is 2.50 bits per heavy atom. The molecule has 0 aromatic heterocycles. The van der Waals surface area contributed by atoms with Crippen LogP contribution in [0.3, 0.4) is 0 Å². The SMILES string of the molecule is CC(=O)c1cc(Cl)ccc1OCC(=O)N1CCCc2cc(S(=O)(=O)N3CCCC3)ccc21. The average molecular weight is 477 g/mol. The van der Waals surface area contributed by atoms with Crippen LogP contribution in [0.5, 0.6) is 5.75 Å². The van der Waals surface area contributed by atoms with Crippen molar-refractivity contribution in [2.24, 2.45) is 0 Å². The van der Waals surface area contributed by atoms with Gasteiger partial charge in [0.15, 0.2) is 12.4 Å². The molecule has 2 aliphatic heterocycles. The minimum Gasteiger partial charge on any atom is -0.483 e. The number of benzene rings is 2. The molecule has 9 heteroatoms. The quantitative estimate of drug-likeness (QED) is 0.594. The highest BCUT2D eigenvalue weighted by Gasteiger charge is 2.30. The molecule has 32 heavy (non-hydrogen) atoms. The van der Waals surface area contributed by atoms with Crippen molar-refractivity contribution < 1.29 is 22.7 Å². The van der Waals surface area contributed by atoms with Crippen LogP contribution in [-0.2, 0) is 21.2 Å². The largest absolute Gasteiger partial charge is 0.483 e. The fraction of sp³-hybridized carbons (Fsp3) is 0.391. The van der Waals surface area contributed by atoms with Crippen molar-refractivity contribution in [3.8, 4) is 5.75 Å². The second kappa shape index (κ2) is 9.21. The number of fused-ring (bicyclic) bond motifs is 1. The predicted molar refractivity (Wildman–Crippen MR) is 122 cm³/mol. The highest BCUT2D eigenvalue weighted by atomic mass is 35.5. The molecule has 0 saturated carbocycles. The zero-order chi connectivity index (χ0) is 22.9. The summed E-state index contributed by atoms with van der Waals surface area (Å²) in [5.41, 5.74) is 1.86. The number of halogens is 1. The van der Waals surface area contributed by atoms with E-state index < -0.39 is 10.0 Å². The maximum absolute atomic E-state index is 12.9. The van der Waals surface area contributed by atoms with Crippen molar-refractivity contribution in [1.82, 2.24) is 4.31 Å². The first kappa shape index (κ1) is 22.8. The monoisotopic (exact) mass is 476 g/mol. The number of rotatable bonds is 6. The van der Waals surface area contributed by atoms with E-state index in [1.54, 1.807) is 35.2 Å². The molecule has 2 aliphatic rings. The number of Topliss-reactive ketones (excluding diaryl/α,β-unsaturated/α-hetero) is 1. The highest BCUT2D eigenvalue weighted by molar-refractivity contribution is 7.89. The van der Waals surface area contributed by atoms with Crippen molar-refractivity contribution in [1.29, 1.82) is 0 Å². The second-order valence-electron chi connectivity index (χ2n) is 8.04. The zero-order valence-corrected chi connectivity index (χ0v) is 19.4. The van der Waals surface area contributed by atoms with Crippen molar-refractivity contribution in [3.63, 3.8) is 0 Å². The average Bonchev–Trinajstić information content (AvgIpc) is 3.33. The maximum Gasteiger partial charge on any atom is 0.264 e. The van der Waals surface area contributed by atoms with Gasteiger partial charge in [-0.25, -0.2) is 8.42 Å². The minimum atomic E-state index is -3.51. The van der Waals surface area contributed by atoms with Crippen LogP contribution in [-0.4, -0.2) is 50.7 Å². The summed E-state index contributed by atoms with van der Waals surface area (Å²) in [5, 5.41) is 0.415. The van der Waals surface area contributed by atoms with Gasteiger partial charge in [0.2, 0.25) is 10.0 Å². The standard InChI is InChI=1S/C23H25ClN2O5S/c1-16(27)20-14-18(24)6-9-22(20)31-15-23(28)26-12-4-5-17-13-19(7-8-21(17)26)32(29,30)25-10-2-3-11-25/h6-9,13-14H,2-5,10-12,15H2,1H3. The first-order valence-corrected chi connectivity index (χ1v) is 12.5. The molecule has 170 valence electrons. The number of sulfonamides is 1. The Bertz CT molecular complexity index is 1160. The zero-order valence-electron chi connectivity index (χ0n) is 17.8. The van der Waals surface area contributed by atoms with Crippen LogP contribution in [0.1, 0.15) is 42.1 Å². The van der Waals surface area contributed by atoms with Crippen LogP contribution >= 0.6 is 11.6 Å². The van der Waals surface area contributed by atoms with Gasteiger partial charge in [0.25, 0.3) is 5.91 Å². The predicted octanol–water partition coefficient (Wildman–Crippen LogP) is 3.69. The Kier molecular flexibility index (Phi) is 6.55. The molecule has 2 heterocycles. The number of hydrogen-bond acceptors (Lipinski definition) is 5. The van der Waals surface area contributed by atoms with Crippen LogP contribution in [0.25, 0.3) is 0 Å². The van der Waals surface area contributed by atoms with Gasteiger partial charge in [-0.2, -0.15) is 4.31 Å². The normalized spacial score (nSPS) is 16.6. The smallest absolute Gasteiger partial charge is 0.264 e. The molecule has 1 saturated heterocycles. The van der Waals surface area contributed by atoms with Crippen LogP contribution in [0.2, 0.25) is 5.02 Å². The van der Waals surface area contributed by atoms with E-state index in [2.05, 4.69) is 0 Å². The van der Waals surface area contributed by atoms with Gasteiger partial charge >= 0.3 is 0 Å². The summed E-state index contributed by atoms with van der Waals surface area (Å²) in [6.45, 7) is 2.79. The molecule has 4 rings (SSSR count). The highest BCUT2D eigenvalue weighted by Crippen LogP contribution is 2.32. The Morgan fingerprint density at radius 1 is 1.03 bits per heavy atom. The summed E-state index contributed by atoms with van der Waals surface area (Å²) in [6.07, 6.45) is 3.19. The molecule has 0 radical (unpaired) electrons. The fourth-order valence-corrected chi connectivity index (χ4v) is 5.93. The summed E-state index contributed by atoms with van der Waals surface area (Å²) in [6, 6.07) is 9.67. The van der Waals surface area contributed by atoms with E-state index in [0.717, 1.165) is 24.8 Å². The van der Waals surface area contributed by atoms with E-state index >= 15 is 0 Å². The van der Waals surface area contributed by atoms with Crippen molar-refractivity contribution in [2.45, 2.75) is 37.5 Å². The Morgan fingerprint density at radius 2 is 1.78 bits per heavy atom. The van der Waals surface area contributed by atoms with E-state index in [1.807, 2.05) is 0 Å². The Hall–Kier alpha value is -2.42. The number of nitrogens with zero attached hydrogens (tertiary/aromatic N) is 2. The summed E-state index contributed by atoms with van der Waals surface area (Å²) in [5.74, 6) is -0.157. The van der Waals surface area contributed by atoms with Gasteiger partial charge < -0.3 is 9.64 Å². The maximum atomic E-state index is 12.9. The number of ether oxygens (including phenoxy) is 1.